The molecule has 0 rings (SSSR count). The number of amides is 1. The highest BCUT2D eigenvalue weighted by atomic mass is 16.5. The van der Waals surface area contributed by atoms with Crippen molar-refractivity contribution < 1.29 is 14.3 Å². The molecule has 0 heterocycles. The molecule has 0 saturated carbocycles. The van der Waals surface area contributed by atoms with Gasteiger partial charge >= 0.3 is 5.97 Å². The van der Waals surface area contributed by atoms with E-state index in [0.29, 0.717) is 13.0 Å². The molecule has 0 unspecified atom stereocenters. The predicted octanol–water partition coefficient (Wildman–Crippen LogP) is 8.61. The van der Waals surface area contributed by atoms with Gasteiger partial charge in [-0.1, -0.05) is 124 Å². The Morgan fingerprint density at radius 2 is 0.909 bits per heavy atom. The molecule has 0 aliphatic carbocycles. The lowest BCUT2D eigenvalue weighted by molar-refractivity contribution is -0.146. The van der Waals surface area contributed by atoms with Crippen LogP contribution in [0.2, 0.25) is 0 Å². The highest BCUT2D eigenvalue weighted by Crippen LogP contribution is 2.12. The first-order valence-corrected chi connectivity index (χ1v) is 14.6. The quantitative estimate of drug-likeness (QED) is 0.0997. The lowest BCUT2D eigenvalue weighted by atomic mass is 10.1. The molecule has 0 fully saturated rings. The number of unbranched alkanes of at least 4 members (excludes halogenated alkanes) is 16. The Bertz CT molecular complexity index is 421. The largest absolute Gasteiger partial charge is 0.466 e. The fraction of sp³-hybridized carbons (Fsp3) is 0.931. The molecule has 4 nitrogen and oxygen atoms in total. The number of carbonyl (C=O) groups excluding carboxylic acids is 2. The van der Waals surface area contributed by atoms with Crippen molar-refractivity contribution in [3.05, 3.63) is 0 Å². The third-order valence-electron chi connectivity index (χ3n) is 6.47. The van der Waals surface area contributed by atoms with Crippen LogP contribution in [0, 0.1) is 0 Å². The molecule has 33 heavy (non-hydrogen) atoms. The molecule has 0 aromatic rings. The van der Waals surface area contributed by atoms with E-state index in [-0.39, 0.29) is 18.3 Å². The Labute approximate surface area is 206 Å². The summed E-state index contributed by atoms with van der Waals surface area (Å²) in [5.74, 6) is -0.0856. The Morgan fingerprint density at radius 3 is 1.36 bits per heavy atom. The molecule has 0 bridgehead atoms. The molecule has 0 spiro atoms. The molecular formula is C29H57NO3. The minimum atomic E-state index is -0.217. The maximum atomic E-state index is 12.8. The van der Waals surface area contributed by atoms with Gasteiger partial charge in [-0.2, -0.15) is 0 Å². The molecule has 0 aliphatic heterocycles. The van der Waals surface area contributed by atoms with E-state index in [9.17, 15) is 9.59 Å². The smallest absolute Gasteiger partial charge is 0.306 e. The zero-order valence-corrected chi connectivity index (χ0v) is 22.6. The van der Waals surface area contributed by atoms with E-state index in [0.717, 1.165) is 38.8 Å². The van der Waals surface area contributed by atoms with Crippen molar-refractivity contribution >= 4 is 11.9 Å². The minimum Gasteiger partial charge on any atom is -0.466 e. The fourth-order valence-corrected chi connectivity index (χ4v) is 4.21. The van der Waals surface area contributed by atoms with E-state index in [4.69, 9.17) is 4.74 Å². The fourth-order valence-electron chi connectivity index (χ4n) is 4.21. The zero-order chi connectivity index (χ0) is 24.4. The van der Waals surface area contributed by atoms with Crippen LogP contribution in [0.15, 0.2) is 0 Å². The molecule has 0 atom stereocenters. The van der Waals surface area contributed by atoms with Crippen LogP contribution >= 0.6 is 0 Å². The van der Waals surface area contributed by atoms with Crippen LogP contribution in [0.4, 0.5) is 0 Å². The van der Waals surface area contributed by atoms with Crippen LogP contribution in [-0.2, 0) is 14.3 Å². The van der Waals surface area contributed by atoms with Crippen LogP contribution < -0.4 is 0 Å². The third kappa shape index (κ3) is 22.5. The number of nitrogens with zero attached hydrogens (tertiary/aromatic N) is 1. The summed E-state index contributed by atoms with van der Waals surface area (Å²) in [6.07, 6.45) is 23.8. The number of ether oxygens (including phenoxy) is 1. The first-order valence-electron chi connectivity index (χ1n) is 14.6. The molecule has 0 N–H and O–H groups in total. The van der Waals surface area contributed by atoms with Crippen molar-refractivity contribution in [3.63, 3.8) is 0 Å². The standard InChI is InChI=1S/C29H57NO3/c1-4-7-10-13-15-17-20-25-30(26-21-18-16-14-11-8-5-2)28(31)23-24-29(32)33-27-22-19-12-9-6-3/h4-27H2,1-3H3. The number of rotatable bonds is 25. The van der Waals surface area contributed by atoms with Crippen molar-refractivity contribution in [2.24, 2.45) is 0 Å². The highest BCUT2D eigenvalue weighted by molar-refractivity contribution is 5.81. The van der Waals surface area contributed by atoms with Crippen molar-refractivity contribution in [2.45, 2.75) is 156 Å². The van der Waals surface area contributed by atoms with Crippen molar-refractivity contribution in [1.82, 2.24) is 4.90 Å². The van der Waals surface area contributed by atoms with Gasteiger partial charge in [-0.3, -0.25) is 9.59 Å². The molecule has 196 valence electrons. The lowest BCUT2D eigenvalue weighted by Gasteiger charge is -2.23. The molecule has 0 saturated heterocycles. The number of hydrogen-bond acceptors (Lipinski definition) is 3. The van der Waals surface area contributed by atoms with Gasteiger partial charge in [-0.15, -0.1) is 0 Å². The van der Waals surface area contributed by atoms with Gasteiger partial charge in [0.1, 0.15) is 0 Å². The highest BCUT2D eigenvalue weighted by Gasteiger charge is 2.15. The van der Waals surface area contributed by atoms with E-state index < -0.39 is 0 Å². The van der Waals surface area contributed by atoms with Gasteiger partial charge in [0.05, 0.1) is 13.0 Å². The average molecular weight is 468 g/mol. The van der Waals surface area contributed by atoms with Gasteiger partial charge < -0.3 is 9.64 Å². The van der Waals surface area contributed by atoms with Gasteiger partial charge in [0.2, 0.25) is 5.91 Å². The van der Waals surface area contributed by atoms with Crippen LogP contribution in [0.25, 0.3) is 0 Å². The summed E-state index contributed by atoms with van der Waals surface area (Å²) < 4.78 is 5.33. The normalized spacial score (nSPS) is 11.0. The first kappa shape index (κ1) is 31.9. The predicted molar refractivity (Wildman–Crippen MR) is 142 cm³/mol. The van der Waals surface area contributed by atoms with Gasteiger partial charge in [0, 0.05) is 19.5 Å². The second-order valence-corrected chi connectivity index (χ2v) is 9.76. The minimum absolute atomic E-state index is 0.131. The number of hydrogen-bond donors (Lipinski definition) is 0. The summed E-state index contributed by atoms with van der Waals surface area (Å²) in [4.78, 5) is 26.9. The van der Waals surface area contributed by atoms with Gasteiger partial charge in [-0.05, 0) is 19.3 Å². The topological polar surface area (TPSA) is 46.6 Å². The van der Waals surface area contributed by atoms with Crippen molar-refractivity contribution in [1.29, 1.82) is 0 Å². The Hall–Kier alpha value is -1.06. The van der Waals surface area contributed by atoms with Crippen LogP contribution in [-0.4, -0.2) is 36.5 Å². The third-order valence-corrected chi connectivity index (χ3v) is 6.47. The molecule has 0 aromatic heterocycles. The summed E-state index contributed by atoms with van der Waals surface area (Å²) in [7, 11) is 0. The average Bonchev–Trinajstić information content (AvgIpc) is 2.82. The lowest BCUT2D eigenvalue weighted by Crippen LogP contribution is -2.33. The number of carbonyl (C=O) groups is 2. The van der Waals surface area contributed by atoms with Gasteiger partial charge in [0.15, 0.2) is 0 Å². The molecule has 4 heteroatoms. The summed E-state index contributed by atoms with van der Waals surface area (Å²) >= 11 is 0. The summed E-state index contributed by atoms with van der Waals surface area (Å²) in [6, 6.07) is 0. The van der Waals surface area contributed by atoms with Crippen molar-refractivity contribution in [2.75, 3.05) is 19.7 Å². The summed E-state index contributed by atoms with van der Waals surface area (Å²) in [6.45, 7) is 8.87. The van der Waals surface area contributed by atoms with E-state index >= 15 is 0 Å². The Morgan fingerprint density at radius 1 is 0.515 bits per heavy atom. The van der Waals surface area contributed by atoms with E-state index in [1.54, 1.807) is 0 Å². The van der Waals surface area contributed by atoms with E-state index in [1.807, 2.05) is 4.90 Å². The maximum absolute atomic E-state index is 12.8. The maximum Gasteiger partial charge on any atom is 0.306 e. The molecule has 0 aromatic carbocycles. The van der Waals surface area contributed by atoms with Gasteiger partial charge in [-0.25, -0.2) is 0 Å². The number of esters is 1. The monoisotopic (exact) mass is 467 g/mol. The molecule has 0 radical (unpaired) electrons. The van der Waals surface area contributed by atoms with E-state index in [1.165, 1.54) is 96.3 Å². The molecule has 1 amide bonds. The van der Waals surface area contributed by atoms with Crippen LogP contribution in [0.5, 0.6) is 0 Å². The van der Waals surface area contributed by atoms with Crippen LogP contribution in [0.3, 0.4) is 0 Å². The molecule has 0 aliphatic rings. The second kappa shape index (κ2) is 25.6. The molecular weight excluding hydrogens is 410 g/mol. The Balaban J connectivity index is 4.18. The van der Waals surface area contributed by atoms with Crippen LogP contribution in [0.1, 0.15) is 156 Å². The SMILES string of the molecule is CCCCCCCCCN(CCCCCCCCC)C(=O)CCC(=O)OCCCCCCC. The summed E-state index contributed by atoms with van der Waals surface area (Å²) in [5.41, 5.74) is 0. The second-order valence-electron chi connectivity index (χ2n) is 9.76. The van der Waals surface area contributed by atoms with Gasteiger partial charge in [0.25, 0.3) is 0 Å². The zero-order valence-electron chi connectivity index (χ0n) is 22.6. The first-order chi connectivity index (χ1) is 16.2. The summed E-state index contributed by atoms with van der Waals surface area (Å²) in [5, 5.41) is 0. The van der Waals surface area contributed by atoms with Crippen molar-refractivity contribution in [3.8, 4) is 0 Å². The Kier molecular flexibility index (Phi) is 24.7. The van der Waals surface area contributed by atoms with E-state index in [2.05, 4.69) is 20.8 Å².